The number of hydrogen-bond donors (Lipinski definition) is 2. The molecule has 1 aliphatic carbocycles. The summed E-state index contributed by atoms with van der Waals surface area (Å²) in [5, 5.41) is 12.8. The van der Waals surface area contributed by atoms with Gasteiger partial charge in [-0.25, -0.2) is 0 Å². The number of carbonyl (C=O) groups is 1. The molecule has 0 radical (unpaired) electrons. The molecule has 14 heavy (non-hydrogen) atoms. The Hall–Kier alpha value is -0.280. The maximum atomic E-state index is 10.9. The molecular formula is C10H18ClNO2. The molecule has 0 heterocycles. The lowest BCUT2D eigenvalue weighted by molar-refractivity contribution is -0.120. The smallest absolute Gasteiger partial charge is 0.235 e. The zero-order valence-corrected chi connectivity index (χ0v) is 9.31. The molecule has 1 fully saturated rings. The van der Waals surface area contributed by atoms with E-state index in [4.69, 9.17) is 11.6 Å². The van der Waals surface area contributed by atoms with E-state index < -0.39 is 5.60 Å². The molecular weight excluding hydrogens is 202 g/mol. The maximum Gasteiger partial charge on any atom is 0.235 e. The first-order chi connectivity index (χ1) is 6.56. The van der Waals surface area contributed by atoms with Gasteiger partial charge in [0.05, 0.1) is 5.60 Å². The third kappa shape index (κ3) is 3.46. The Bertz CT molecular complexity index is 210. The van der Waals surface area contributed by atoms with Crippen LogP contribution in [0, 0.1) is 5.92 Å². The van der Waals surface area contributed by atoms with Crippen LogP contribution in [0.25, 0.3) is 0 Å². The zero-order valence-electron chi connectivity index (χ0n) is 8.55. The van der Waals surface area contributed by atoms with E-state index in [1.165, 1.54) is 6.42 Å². The van der Waals surface area contributed by atoms with Crippen LogP contribution in [-0.4, -0.2) is 29.0 Å². The fourth-order valence-electron chi connectivity index (χ4n) is 2.10. The van der Waals surface area contributed by atoms with Gasteiger partial charge in [-0.15, -0.1) is 11.6 Å². The largest absolute Gasteiger partial charge is 0.388 e. The van der Waals surface area contributed by atoms with Crippen molar-refractivity contribution in [3.63, 3.8) is 0 Å². The molecule has 3 nitrogen and oxygen atoms in total. The fourth-order valence-corrected chi connectivity index (χ4v) is 2.20. The van der Waals surface area contributed by atoms with Gasteiger partial charge < -0.3 is 10.4 Å². The molecule has 4 heteroatoms. The number of nitrogens with one attached hydrogen (secondary N) is 1. The van der Waals surface area contributed by atoms with Gasteiger partial charge in [-0.1, -0.05) is 19.8 Å². The summed E-state index contributed by atoms with van der Waals surface area (Å²) in [4.78, 5) is 10.9. The lowest BCUT2D eigenvalue weighted by atomic mass is 9.79. The Labute approximate surface area is 89.8 Å². The maximum absolute atomic E-state index is 10.9. The summed E-state index contributed by atoms with van der Waals surface area (Å²) in [6.07, 6.45) is 3.76. The van der Waals surface area contributed by atoms with Crippen LogP contribution in [0.2, 0.25) is 0 Å². The number of rotatable bonds is 3. The summed E-state index contributed by atoms with van der Waals surface area (Å²) in [6.45, 7) is 2.47. The molecule has 1 rings (SSSR count). The second-order valence-electron chi connectivity index (χ2n) is 4.34. The molecule has 0 aromatic rings. The van der Waals surface area contributed by atoms with Crippen molar-refractivity contribution < 1.29 is 9.90 Å². The number of hydrogen-bond acceptors (Lipinski definition) is 2. The predicted octanol–water partition coefficient (Wildman–Crippen LogP) is 1.28. The molecule has 0 aliphatic heterocycles. The summed E-state index contributed by atoms with van der Waals surface area (Å²) in [7, 11) is 0. The van der Waals surface area contributed by atoms with E-state index in [-0.39, 0.29) is 11.8 Å². The van der Waals surface area contributed by atoms with Crippen molar-refractivity contribution in [2.24, 2.45) is 5.92 Å². The van der Waals surface area contributed by atoms with Crippen molar-refractivity contribution in [3.05, 3.63) is 0 Å². The van der Waals surface area contributed by atoms with Crippen LogP contribution < -0.4 is 5.32 Å². The second-order valence-corrected chi connectivity index (χ2v) is 4.60. The van der Waals surface area contributed by atoms with E-state index >= 15 is 0 Å². The first-order valence-corrected chi connectivity index (χ1v) is 5.64. The molecule has 2 unspecified atom stereocenters. The van der Waals surface area contributed by atoms with Crippen LogP contribution in [0.1, 0.15) is 32.6 Å². The topological polar surface area (TPSA) is 49.3 Å². The lowest BCUT2D eigenvalue weighted by Gasteiger charge is -2.35. The SMILES string of the molecule is CC1CCCC(O)(CNC(=O)CCl)C1. The van der Waals surface area contributed by atoms with Gasteiger partial charge in [0.1, 0.15) is 5.88 Å². The number of halogens is 1. The van der Waals surface area contributed by atoms with Crippen molar-refractivity contribution >= 4 is 17.5 Å². The van der Waals surface area contributed by atoms with Crippen molar-refractivity contribution in [2.45, 2.75) is 38.2 Å². The number of aliphatic hydroxyl groups is 1. The Morgan fingerprint density at radius 1 is 1.71 bits per heavy atom. The molecule has 0 bridgehead atoms. The third-order valence-corrected chi connectivity index (χ3v) is 3.05. The Morgan fingerprint density at radius 2 is 2.43 bits per heavy atom. The summed E-state index contributed by atoms with van der Waals surface area (Å²) in [6, 6.07) is 0. The second kappa shape index (κ2) is 4.99. The van der Waals surface area contributed by atoms with Crippen LogP contribution in [0.15, 0.2) is 0 Å². The van der Waals surface area contributed by atoms with Crippen molar-refractivity contribution in [3.8, 4) is 0 Å². The molecule has 1 amide bonds. The van der Waals surface area contributed by atoms with Crippen molar-refractivity contribution in [1.29, 1.82) is 0 Å². The van der Waals surface area contributed by atoms with Crippen LogP contribution >= 0.6 is 11.6 Å². The monoisotopic (exact) mass is 219 g/mol. The highest BCUT2D eigenvalue weighted by Gasteiger charge is 2.32. The number of alkyl halides is 1. The molecule has 0 spiro atoms. The first kappa shape index (κ1) is 11.8. The highest BCUT2D eigenvalue weighted by Crippen LogP contribution is 2.31. The van der Waals surface area contributed by atoms with Crippen LogP contribution in [0.5, 0.6) is 0 Å². The minimum atomic E-state index is -0.709. The summed E-state index contributed by atoms with van der Waals surface area (Å²) in [5.41, 5.74) is -0.709. The van der Waals surface area contributed by atoms with E-state index in [0.717, 1.165) is 19.3 Å². The molecule has 82 valence electrons. The van der Waals surface area contributed by atoms with Crippen molar-refractivity contribution in [2.75, 3.05) is 12.4 Å². The van der Waals surface area contributed by atoms with Gasteiger partial charge in [0.15, 0.2) is 0 Å². The van der Waals surface area contributed by atoms with Crippen LogP contribution in [0.4, 0.5) is 0 Å². The van der Waals surface area contributed by atoms with Crippen molar-refractivity contribution in [1.82, 2.24) is 5.32 Å². The van der Waals surface area contributed by atoms with Crippen LogP contribution in [0.3, 0.4) is 0 Å². The van der Waals surface area contributed by atoms with E-state index in [2.05, 4.69) is 12.2 Å². The zero-order chi connectivity index (χ0) is 10.6. The fraction of sp³-hybridized carbons (Fsp3) is 0.900. The molecule has 0 saturated heterocycles. The molecule has 2 atom stereocenters. The summed E-state index contributed by atoms with van der Waals surface area (Å²) >= 11 is 5.35. The quantitative estimate of drug-likeness (QED) is 0.703. The van der Waals surface area contributed by atoms with Gasteiger partial charge in [0, 0.05) is 6.54 Å². The highest BCUT2D eigenvalue weighted by molar-refractivity contribution is 6.27. The molecule has 0 aromatic carbocycles. The highest BCUT2D eigenvalue weighted by atomic mass is 35.5. The number of amides is 1. The van der Waals surface area contributed by atoms with E-state index in [1.807, 2.05) is 0 Å². The van der Waals surface area contributed by atoms with Gasteiger partial charge in [-0.2, -0.15) is 0 Å². The minimum absolute atomic E-state index is 0.0361. The van der Waals surface area contributed by atoms with E-state index in [1.54, 1.807) is 0 Å². The lowest BCUT2D eigenvalue weighted by Crippen LogP contribution is -2.46. The van der Waals surface area contributed by atoms with E-state index in [9.17, 15) is 9.90 Å². The third-order valence-electron chi connectivity index (χ3n) is 2.80. The normalized spacial score (nSPS) is 32.6. The standard InChI is InChI=1S/C10H18ClNO2/c1-8-3-2-4-10(14,5-8)7-12-9(13)6-11/h8,14H,2-7H2,1H3,(H,12,13). The Balaban J connectivity index is 2.37. The molecule has 1 aliphatic rings. The average Bonchev–Trinajstić information content (AvgIpc) is 2.14. The van der Waals surface area contributed by atoms with Gasteiger partial charge in [-0.3, -0.25) is 4.79 Å². The van der Waals surface area contributed by atoms with Crippen LogP contribution in [-0.2, 0) is 4.79 Å². The summed E-state index contributed by atoms with van der Waals surface area (Å²) in [5.74, 6) is 0.297. The van der Waals surface area contributed by atoms with Gasteiger partial charge >= 0.3 is 0 Å². The van der Waals surface area contributed by atoms with Gasteiger partial charge in [0.2, 0.25) is 5.91 Å². The van der Waals surface area contributed by atoms with E-state index in [0.29, 0.717) is 12.5 Å². The molecule has 0 aromatic heterocycles. The molecule has 2 N–H and O–H groups in total. The van der Waals surface area contributed by atoms with Gasteiger partial charge in [0.25, 0.3) is 0 Å². The predicted molar refractivity (Wildman–Crippen MR) is 56.3 cm³/mol. The number of carbonyl (C=O) groups excluding carboxylic acids is 1. The molecule has 1 saturated carbocycles. The Kier molecular flexibility index (Phi) is 4.20. The average molecular weight is 220 g/mol. The Morgan fingerprint density at radius 3 is 3.00 bits per heavy atom. The first-order valence-electron chi connectivity index (χ1n) is 5.11. The van der Waals surface area contributed by atoms with Gasteiger partial charge in [-0.05, 0) is 18.8 Å². The minimum Gasteiger partial charge on any atom is -0.388 e. The summed E-state index contributed by atoms with van der Waals surface area (Å²) < 4.78 is 0.